The first-order valence-electron chi connectivity index (χ1n) is 11.4. The molecular weight excluding hydrogens is 524 g/mol. The molecule has 2 aromatic carbocycles. The van der Waals surface area contributed by atoms with E-state index < -0.39 is 41.8 Å². The van der Waals surface area contributed by atoms with E-state index in [4.69, 9.17) is 27.9 Å². The number of amides is 2. The van der Waals surface area contributed by atoms with Crippen molar-refractivity contribution >= 4 is 46.7 Å². The number of benzene rings is 2. The molecule has 2 heterocycles. The van der Waals surface area contributed by atoms with Gasteiger partial charge in [-0.1, -0.05) is 46.6 Å². The second-order valence-electron chi connectivity index (χ2n) is 9.47. The number of hydrogen-bond donors (Lipinski definition) is 0. The third-order valence-corrected chi connectivity index (χ3v) is 6.00. The minimum Gasteiger partial charge on any atom is -0.458 e. The highest BCUT2D eigenvalue weighted by Gasteiger charge is 2.40. The fraction of sp³-hybridized carbons (Fsp3) is 0.320. The van der Waals surface area contributed by atoms with Gasteiger partial charge in [-0.05, 0) is 50.6 Å². The molecule has 3 aromatic rings. The summed E-state index contributed by atoms with van der Waals surface area (Å²) in [6.45, 7) is 4.25. The van der Waals surface area contributed by atoms with Crippen LogP contribution in [0.4, 0.5) is 10.1 Å². The van der Waals surface area contributed by atoms with E-state index in [9.17, 15) is 18.8 Å². The average molecular weight is 548 g/mol. The molecule has 37 heavy (non-hydrogen) atoms. The highest BCUT2D eigenvalue weighted by molar-refractivity contribution is 6.31. The van der Waals surface area contributed by atoms with Crippen LogP contribution in [0.25, 0.3) is 5.69 Å². The number of piperazine rings is 1. The van der Waals surface area contributed by atoms with Gasteiger partial charge in [0.2, 0.25) is 11.8 Å². The number of carbonyl (C=O) groups excluding carboxylic acids is 3. The third kappa shape index (κ3) is 6.08. The van der Waals surface area contributed by atoms with Gasteiger partial charge in [-0.25, -0.2) is 13.9 Å². The Morgan fingerprint density at radius 1 is 1.08 bits per heavy atom. The predicted molar refractivity (Wildman–Crippen MR) is 135 cm³/mol. The lowest BCUT2D eigenvalue weighted by molar-refractivity contribution is -0.165. The van der Waals surface area contributed by atoms with E-state index in [0.29, 0.717) is 16.4 Å². The largest absolute Gasteiger partial charge is 0.458 e. The Morgan fingerprint density at radius 3 is 2.46 bits per heavy atom. The van der Waals surface area contributed by atoms with Crippen LogP contribution in [0, 0.1) is 5.82 Å². The summed E-state index contributed by atoms with van der Waals surface area (Å²) in [6, 6.07) is 9.49. The van der Waals surface area contributed by atoms with Crippen molar-refractivity contribution in [3.05, 3.63) is 70.2 Å². The fourth-order valence-electron chi connectivity index (χ4n) is 3.97. The molecule has 12 heteroatoms. The van der Waals surface area contributed by atoms with Crippen LogP contribution >= 0.6 is 23.2 Å². The van der Waals surface area contributed by atoms with Crippen molar-refractivity contribution in [1.29, 1.82) is 0 Å². The lowest BCUT2D eigenvalue weighted by atomic mass is 10.0. The molecule has 1 aliphatic rings. The highest BCUT2D eigenvalue weighted by Crippen LogP contribution is 2.30. The Balaban J connectivity index is 1.66. The molecule has 0 spiro atoms. The third-order valence-electron chi connectivity index (χ3n) is 5.59. The zero-order valence-corrected chi connectivity index (χ0v) is 21.8. The molecular formula is C25H24Cl2FN5O4. The number of anilines is 1. The van der Waals surface area contributed by atoms with Crippen LogP contribution in [0.3, 0.4) is 0 Å². The second-order valence-corrected chi connectivity index (χ2v) is 10.3. The van der Waals surface area contributed by atoms with Gasteiger partial charge in [0.25, 0.3) is 0 Å². The van der Waals surface area contributed by atoms with Crippen molar-refractivity contribution in [3.8, 4) is 5.69 Å². The van der Waals surface area contributed by atoms with Gasteiger partial charge in [-0.15, -0.1) is 5.10 Å². The molecule has 0 radical (unpaired) electrons. The SMILES string of the molecule is CC(C)(C)OC(=O)C(Cc1ccccc1F)N1CC(=O)N(c2cc(Cl)ccc2-n2cc(Cl)nn2)CC1=O. The van der Waals surface area contributed by atoms with Crippen molar-refractivity contribution in [2.45, 2.75) is 38.8 Å². The number of halogens is 3. The van der Waals surface area contributed by atoms with Crippen molar-refractivity contribution < 1.29 is 23.5 Å². The lowest BCUT2D eigenvalue weighted by Gasteiger charge is -2.38. The predicted octanol–water partition coefficient (Wildman–Crippen LogP) is 3.84. The minimum atomic E-state index is -1.21. The molecule has 1 atom stereocenters. The molecule has 2 amide bonds. The molecule has 0 N–H and O–H groups in total. The van der Waals surface area contributed by atoms with E-state index in [-0.39, 0.29) is 23.7 Å². The molecule has 1 unspecified atom stereocenters. The van der Waals surface area contributed by atoms with E-state index in [0.717, 1.165) is 4.90 Å². The number of aromatic nitrogens is 3. The highest BCUT2D eigenvalue weighted by atomic mass is 35.5. The van der Waals surface area contributed by atoms with Crippen LogP contribution in [-0.2, 0) is 25.5 Å². The number of esters is 1. The van der Waals surface area contributed by atoms with Gasteiger partial charge in [0, 0.05) is 11.4 Å². The number of nitrogens with zero attached hydrogens (tertiary/aromatic N) is 5. The van der Waals surface area contributed by atoms with Gasteiger partial charge in [-0.3, -0.25) is 14.5 Å². The van der Waals surface area contributed by atoms with E-state index in [1.54, 1.807) is 39.0 Å². The van der Waals surface area contributed by atoms with Gasteiger partial charge in [-0.2, -0.15) is 0 Å². The van der Waals surface area contributed by atoms with E-state index in [1.807, 2.05) is 0 Å². The van der Waals surface area contributed by atoms with Crippen molar-refractivity contribution in [2.24, 2.45) is 0 Å². The number of carbonyl (C=O) groups is 3. The van der Waals surface area contributed by atoms with E-state index in [1.165, 1.54) is 40.0 Å². The Bertz CT molecular complexity index is 1360. The van der Waals surface area contributed by atoms with Crippen LogP contribution in [0.5, 0.6) is 0 Å². The van der Waals surface area contributed by atoms with E-state index in [2.05, 4.69) is 10.3 Å². The van der Waals surface area contributed by atoms with Crippen molar-refractivity contribution in [3.63, 3.8) is 0 Å². The summed E-state index contributed by atoms with van der Waals surface area (Å²) in [5.74, 6) is -2.25. The summed E-state index contributed by atoms with van der Waals surface area (Å²) in [5.41, 5.74) is 0.110. The summed E-state index contributed by atoms with van der Waals surface area (Å²) in [6.07, 6.45) is 1.30. The molecule has 9 nitrogen and oxygen atoms in total. The number of rotatable bonds is 6. The van der Waals surface area contributed by atoms with Gasteiger partial charge >= 0.3 is 5.97 Å². The van der Waals surface area contributed by atoms with Crippen LogP contribution in [0.15, 0.2) is 48.7 Å². The summed E-state index contributed by atoms with van der Waals surface area (Å²) in [7, 11) is 0. The number of hydrogen-bond acceptors (Lipinski definition) is 6. The maximum absolute atomic E-state index is 14.5. The second kappa shape index (κ2) is 10.5. The standard InChI is InChI=1S/C25H24Cl2FN5O4/c1-25(2,3)37-24(36)20(10-15-6-4-5-7-17(15)28)32-14-22(34)31(13-23(32)35)19-11-16(26)8-9-18(19)33-12-21(27)29-30-33/h4-9,11-12,20H,10,13-14H2,1-3H3. The molecule has 1 saturated heterocycles. The molecule has 1 fully saturated rings. The molecule has 0 saturated carbocycles. The van der Waals surface area contributed by atoms with Crippen LogP contribution in [-0.4, -0.2) is 62.4 Å². The minimum absolute atomic E-state index is 0.140. The molecule has 0 aliphatic carbocycles. The Hall–Kier alpha value is -3.50. The fourth-order valence-corrected chi connectivity index (χ4v) is 4.26. The first kappa shape index (κ1) is 26.6. The normalized spacial score (nSPS) is 15.2. The summed E-state index contributed by atoms with van der Waals surface area (Å²) in [5, 5.41) is 8.16. The Labute approximate surface area is 222 Å². The van der Waals surface area contributed by atoms with Crippen LogP contribution in [0.2, 0.25) is 10.2 Å². The Morgan fingerprint density at radius 2 is 1.81 bits per heavy atom. The first-order valence-corrected chi connectivity index (χ1v) is 12.1. The average Bonchev–Trinajstić information content (AvgIpc) is 3.24. The smallest absolute Gasteiger partial charge is 0.329 e. The first-order chi connectivity index (χ1) is 17.4. The Kier molecular flexibility index (Phi) is 7.52. The summed E-state index contributed by atoms with van der Waals surface area (Å²) < 4.78 is 21.3. The zero-order chi connectivity index (χ0) is 26.9. The lowest BCUT2D eigenvalue weighted by Crippen LogP contribution is -2.60. The van der Waals surface area contributed by atoms with Crippen LogP contribution in [0.1, 0.15) is 26.3 Å². The summed E-state index contributed by atoms with van der Waals surface area (Å²) >= 11 is 12.1. The molecule has 194 valence electrons. The van der Waals surface area contributed by atoms with Crippen LogP contribution < -0.4 is 4.90 Å². The maximum Gasteiger partial charge on any atom is 0.329 e. The van der Waals surface area contributed by atoms with Gasteiger partial charge in [0.05, 0.1) is 17.6 Å². The van der Waals surface area contributed by atoms with Crippen molar-refractivity contribution in [1.82, 2.24) is 19.9 Å². The van der Waals surface area contributed by atoms with E-state index >= 15 is 0 Å². The quantitative estimate of drug-likeness (QED) is 0.435. The summed E-state index contributed by atoms with van der Waals surface area (Å²) in [4.78, 5) is 42.3. The zero-order valence-electron chi connectivity index (χ0n) is 20.3. The molecule has 1 aromatic heterocycles. The molecule has 4 rings (SSSR count). The van der Waals surface area contributed by atoms with Crippen molar-refractivity contribution in [2.75, 3.05) is 18.0 Å². The maximum atomic E-state index is 14.5. The van der Waals surface area contributed by atoms with Gasteiger partial charge in [0.15, 0.2) is 5.15 Å². The molecule has 0 bridgehead atoms. The topological polar surface area (TPSA) is 97.6 Å². The number of ether oxygens (including phenoxy) is 1. The molecule has 1 aliphatic heterocycles. The van der Waals surface area contributed by atoms with Gasteiger partial charge in [0.1, 0.15) is 30.5 Å². The van der Waals surface area contributed by atoms with Gasteiger partial charge < -0.3 is 9.64 Å². The monoisotopic (exact) mass is 547 g/mol.